The van der Waals surface area contributed by atoms with Crippen LogP contribution in [0.2, 0.25) is 0 Å². The van der Waals surface area contributed by atoms with Crippen molar-refractivity contribution in [1.82, 2.24) is 4.98 Å². The lowest BCUT2D eigenvalue weighted by molar-refractivity contribution is -0.137. The van der Waals surface area contributed by atoms with Crippen LogP contribution in [0.1, 0.15) is 25.3 Å². The van der Waals surface area contributed by atoms with Crippen LogP contribution in [0, 0.1) is 0 Å². The maximum Gasteiger partial charge on any atom is 0.416 e. The Kier molecular flexibility index (Phi) is 4.74. The summed E-state index contributed by atoms with van der Waals surface area (Å²) in [5.41, 5.74) is 4.87. The summed E-state index contributed by atoms with van der Waals surface area (Å²) in [6, 6.07) is 2.06. The lowest BCUT2D eigenvalue weighted by Gasteiger charge is -2.10. The molecule has 0 aliphatic carbocycles. The van der Waals surface area contributed by atoms with E-state index in [4.69, 9.17) is 5.73 Å². The molecule has 6 heteroatoms. The van der Waals surface area contributed by atoms with Gasteiger partial charge >= 0.3 is 6.18 Å². The molecular formula is C11H16F3N3. The van der Waals surface area contributed by atoms with Gasteiger partial charge in [0.05, 0.1) is 5.56 Å². The monoisotopic (exact) mass is 247 g/mol. The summed E-state index contributed by atoms with van der Waals surface area (Å²) in [7, 11) is 0. The highest BCUT2D eigenvalue weighted by Crippen LogP contribution is 2.29. The Bertz CT molecular complexity index is 350. The Balaban J connectivity index is 2.49. The number of halogens is 3. The number of pyridine rings is 1. The highest BCUT2D eigenvalue weighted by atomic mass is 19.4. The van der Waals surface area contributed by atoms with Crippen molar-refractivity contribution in [2.75, 3.05) is 11.9 Å². The van der Waals surface area contributed by atoms with Crippen molar-refractivity contribution in [1.29, 1.82) is 0 Å². The second-order valence-electron chi connectivity index (χ2n) is 3.97. The van der Waals surface area contributed by atoms with E-state index in [1.807, 2.05) is 6.92 Å². The summed E-state index contributed by atoms with van der Waals surface area (Å²) < 4.78 is 37.2. The van der Waals surface area contributed by atoms with Crippen molar-refractivity contribution < 1.29 is 13.2 Å². The Morgan fingerprint density at radius 2 is 2.18 bits per heavy atom. The van der Waals surface area contributed by atoms with Crippen LogP contribution in [0.4, 0.5) is 19.0 Å². The van der Waals surface area contributed by atoms with Crippen molar-refractivity contribution in [3.8, 4) is 0 Å². The van der Waals surface area contributed by atoms with Crippen LogP contribution >= 0.6 is 0 Å². The number of rotatable bonds is 5. The summed E-state index contributed by atoms with van der Waals surface area (Å²) >= 11 is 0. The van der Waals surface area contributed by atoms with Crippen molar-refractivity contribution in [3.63, 3.8) is 0 Å². The standard InChI is InChI=1S/C11H16F3N3/c1-8(15)3-2-5-16-10-7-9(4-6-17-10)11(12,13)14/h4,6-8H,2-3,5,15H2,1H3,(H,16,17). The molecule has 0 radical (unpaired) electrons. The SMILES string of the molecule is CC(N)CCCNc1cc(C(F)(F)F)ccn1. The molecule has 1 atom stereocenters. The predicted octanol–water partition coefficient (Wildman–Crippen LogP) is 2.64. The Labute approximate surface area is 98.2 Å². The number of nitrogens with two attached hydrogens (primary N) is 1. The third kappa shape index (κ3) is 5.04. The fourth-order valence-electron chi connectivity index (χ4n) is 1.34. The molecule has 3 N–H and O–H groups in total. The number of hydrogen-bond acceptors (Lipinski definition) is 3. The highest BCUT2D eigenvalue weighted by molar-refractivity contribution is 5.38. The fourth-order valence-corrected chi connectivity index (χ4v) is 1.34. The molecule has 1 aromatic heterocycles. The van der Waals surface area contributed by atoms with Crippen molar-refractivity contribution in [3.05, 3.63) is 23.9 Å². The van der Waals surface area contributed by atoms with Crippen LogP contribution < -0.4 is 11.1 Å². The van der Waals surface area contributed by atoms with Gasteiger partial charge in [0, 0.05) is 18.8 Å². The Morgan fingerprint density at radius 1 is 1.47 bits per heavy atom. The van der Waals surface area contributed by atoms with Crippen LogP contribution in [0.5, 0.6) is 0 Å². The van der Waals surface area contributed by atoms with Crippen molar-refractivity contribution in [2.24, 2.45) is 5.73 Å². The maximum atomic E-state index is 12.4. The maximum absolute atomic E-state index is 12.4. The molecule has 0 amide bonds. The zero-order valence-corrected chi connectivity index (χ0v) is 9.59. The second-order valence-corrected chi connectivity index (χ2v) is 3.97. The van der Waals surface area contributed by atoms with E-state index in [1.54, 1.807) is 0 Å². The van der Waals surface area contributed by atoms with Gasteiger partial charge in [-0.1, -0.05) is 0 Å². The summed E-state index contributed by atoms with van der Waals surface area (Å²) in [4.78, 5) is 3.83. The molecular weight excluding hydrogens is 231 g/mol. The van der Waals surface area contributed by atoms with Gasteiger partial charge in [-0.05, 0) is 31.9 Å². The third-order valence-corrected chi connectivity index (χ3v) is 2.23. The quantitative estimate of drug-likeness (QED) is 0.786. The average Bonchev–Trinajstić information content (AvgIpc) is 2.23. The minimum atomic E-state index is -4.33. The van der Waals surface area contributed by atoms with Gasteiger partial charge in [-0.2, -0.15) is 13.2 Å². The molecule has 1 heterocycles. The molecule has 1 unspecified atom stereocenters. The first kappa shape index (κ1) is 13.8. The number of alkyl halides is 3. The topological polar surface area (TPSA) is 50.9 Å². The summed E-state index contributed by atoms with van der Waals surface area (Å²) in [6.45, 7) is 2.46. The zero-order chi connectivity index (χ0) is 12.9. The first-order chi connectivity index (χ1) is 7.89. The number of aromatic nitrogens is 1. The van der Waals surface area contributed by atoms with Gasteiger partial charge in [-0.15, -0.1) is 0 Å². The smallest absolute Gasteiger partial charge is 0.370 e. The van der Waals surface area contributed by atoms with E-state index >= 15 is 0 Å². The molecule has 0 saturated heterocycles. The van der Waals surface area contributed by atoms with E-state index < -0.39 is 11.7 Å². The lowest BCUT2D eigenvalue weighted by Crippen LogP contribution is -2.16. The van der Waals surface area contributed by atoms with Crippen LogP contribution in [-0.2, 0) is 6.18 Å². The number of nitrogens with zero attached hydrogens (tertiary/aromatic N) is 1. The average molecular weight is 247 g/mol. The van der Waals surface area contributed by atoms with E-state index in [0.29, 0.717) is 6.54 Å². The third-order valence-electron chi connectivity index (χ3n) is 2.23. The lowest BCUT2D eigenvalue weighted by atomic mass is 10.2. The van der Waals surface area contributed by atoms with E-state index in [2.05, 4.69) is 10.3 Å². The number of nitrogens with one attached hydrogen (secondary N) is 1. The molecule has 0 bridgehead atoms. The zero-order valence-electron chi connectivity index (χ0n) is 9.59. The molecule has 1 aromatic rings. The van der Waals surface area contributed by atoms with Crippen LogP contribution in [0.15, 0.2) is 18.3 Å². The van der Waals surface area contributed by atoms with Gasteiger partial charge in [0.1, 0.15) is 5.82 Å². The van der Waals surface area contributed by atoms with Crippen LogP contribution in [0.25, 0.3) is 0 Å². The van der Waals surface area contributed by atoms with Gasteiger partial charge in [-0.25, -0.2) is 4.98 Å². The summed E-state index contributed by atoms with van der Waals surface area (Å²) in [5.74, 6) is 0.240. The van der Waals surface area contributed by atoms with E-state index in [-0.39, 0.29) is 11.9 Å². The molecule has 0 aliphatic rings. The Hall–Kier alpha value is -1.30. The molecule has 0 fully saturated rings. The largest absolute Gasteiger partial charge is 0.416 e. The van der Waals surface area contributed by atoms with Gasteiger partial charge in [0.15, 0.2) is 0 Å². The molecule has 0 spiro atoms. The first-order valence-corrected chi connectivity index (χ1v) is 5.42. The fraction of sp³-hybridized carbons (Fsp3) is 0.545. The van der Waals surface area contributed by atoms with Crippen molar-refractivity contribution >= 4 is 5.82 Å². The van der Waals surface area contributed by atoms with E-state index in [1.165, 1.54) is 0 Å². The molecule has 0 aliphatic heterocycles. The summed E-state index contributed by atoms with van der Waals surface area (Å²) in [6.07, 6.45) is -1.55. The second kappa shape index (κ2) is 5.86. The summed E-state index contributed by atoms with van der Waals surface area (Å²) in [5, 5.41) is 2.85. The van der Waals surface area contributed by atoms with Gasteiger partial charge in [-0.3, -0.25) is 0 Å². The molecule has 0 saturated carbocycles. The number of hydrogen-bond donors (Lipinski definition) is 2. The van der Waals surface area contributed by atoms with Gasteiger partial charge in [0.25, 0.3) is 0 Å². The Morgan fingerprint density at radius 3 is 2.76 bits per heavy atom. The van der Waals surface area contributed by atoms with Gasteiger partial charge < -0.3 is 11.1 Å². The van der Waals surface area contributed by atoms with E-state index in [9.17, 15) is 13.2 Å². The molecule has 17 heavy (non-hydrogen) atoms. The molecule has 1 rings (SSSR count). The first-order valence-electron chi connectivity index (χ1n) is 5.42. The van der Waals surface area contributed by atoms with Gasteiger partial charge in [0.2, 0.25) is 0 Å². The van der Waals surface area contributed by atoms with E-state index in [0.717, 1.165) is 31.2 Å². The molecule has 96 valence electrons. The highest BCUT2D eigenvalue weighted by Gasteiger charge is 2.30. The minimum Gasteiger partial charge on any atom is -0.370 e. The molecule has 0 aromatic carbocycles. The van der Waals surface area contributed by atoms with Crippen LogP contribution in [0.3, 0.4) is 0 Å². The minimum absolute atomic E-state index is 0.103. The predicted molar refractivity (Wildman–Crippen MR) is 60.6 cm³/mol. The van der Waals surface area contributed by atoms with Crippen molar-refractivity contribution in [2.45, 2.75) is 32.0 Å². The molecule has 3 nitrogen and oxygen atoms in total. The number of anilines is 1. The van der Waals surface area contributed by atoms with Crippen LogP contribution in [-0.4, -0.2) is 17.6 Å². The normalized spacial score (nSPS) is 13.5.